The minimum Gasteiger partial charge on any atom is -0.342 e. The summed E-state index contributed by atoms with van der Waals surface area (Å²) in [5.74, 6) is 0.526. The van der Waals surface area contributed by atoms with Gasteiger partial charge in [-0.05, 0) is 33.2 Å². The maximum Gasteiger partial charge on any atom is 0.236 e. The smallest absolute Gasteiger partial charge is 0.236 e. The first-order valence-electron chi connectivity index (χ1n) is 8.65. The second-order valence-corrected chi connectivity index (χ2v) is 6.22. The number of rotatable bonds is 5. The van der Waals surface area contributed by atoms with Gasteiger partial charge in [-0.2, -0.15) is 0 Å². The summed E-state index contributed by atoms with van der Waals surface area (Å²) in [4.78, 5) is 30.8. The predicted molar refractivity (Wildman–Crippen MR) is 93.8 cm³/mol. The molecule has 0 radical (unpaired) electrons. The van der Waals surface area contributed by atoms with Gasteiger partial charge >= 0.3 is 0 Å². The molecular weight excluding hydrogens is 316 g/mol. The molecule has 2 saturated heterocycles. The second-order valence-electron chi connectivity index (χ2n) is 6.22. The van der Waals surface area contributed by atoms with Crippen LogP contribution in [0.1, 0.15) is 26.7 Å². The van der Waals surface area contributed by atoms with Crippen LogP contribution in [0.4, 0.5) is 0 Å². The van der Waals surface area contributed by atoms with Gasteiger partial charge in [-0.15, -0.1) is 12.4 Å². The van der Waals surface area contributed by atoms with Gasteiger partial charge in [0.05, 0.1) is 12.5 Å². The minimum atomic E-state index is 0. The summed E-state index contributed by atoms with van der Waals surface area (Å²) in [6.07, 6.45) is 1.97. The standard InChI is InChI=1S/C16H30N4O2.ClH/c1-3-19(4-2)15(21)13-18-9-5-6-14(12-18)16(22)20-10-7-17-8-11-20;/h14,17H,3-13H2,1-2H3;1H. The molecule has 1 atom stereocenters. The maximum atomic E-state index is 12.6. The molecule has 0 bridgehead atoms. The third-order valence-corrected chi connectivity index (χ3v) is 4.76. The molecule has 134 valence electrons. The molecule has 0 aliphatic carbocycles. The molecule has 7 heteroatoms. The summed E-state index contributed by atoms with van der Waals surface area (Å²) in [7, 11) is 0. The summed E-state index contributed by atoms with van der Waals surface area (Å²) >= 11 is 0. The van der Waals surface area contributed by atoms with E-state index in [0.717, 1.165) is 65.2 Å². The second kappa shape index (κ2) is 10.1. The fourth-order valence-corrected chi connectivity index (χ4v) is 3.41. The first-order valence-corrected chi connectivity index (χ1v) is 8.65. The van der Waals surface area contributed by atoms with Gasteiger partial charge in [0.25, 0.3) is 0 Å². The van der Waals surface area contributed by atoms with Crippen LogP contribution in [-0.2, 0) is 9.59 Å². The number of carbonyl (C=O) groups excluding carboxylic acids is 2. The van der Waals surface area contributed by atoms with Crippen molar-refractivity contribution in [2.75, 3.05) is 58.9 Å². The van der Waals surface area contributed by atoms with Crippen LogP contribution in [0.25, 0.3) is 0 Å². The number of hydrogen-bond donors (Lipinski definition) is 1. The van der Waals surface area contributed by atoms with Gasteiger partial charge in [0, 0.05) is 45.8 Å². The summed E-state index contributed by atoms with van der Waals surface area (Å²) in [5.41, 5.74) is 0. The van der Waals surface area contributed by atoms with Crippen LogP contribution in [0.5, 0.6) is 0 Å². The highest BCUT2D eigenvalue weighted by molar-refractivity contribution is 5.85. The van der Waals surface area contributed by atoms with Crippen LogP contribution in [0.3, 0.4) is 0 Å². The molecule has 2 aliphatic rings. The van der Waals surface area contributed by atoms with E-state index in [1.54, 1.807) is 0 Å². The molecule has 2 amide bonds. The van der Waals surface area contributed by atoms with E-state index in [9.17, 15) is 9.59 Å². The van der Waals surface area contributed by atoms with Crippen molar-refractivity contribution in [2.45, 2.75) is 26.7 Å². The van der Waals surface area contributed by atoms with E-state index in [1.165, 1.54) is 0 Å². The number of carbonyl (C=O) groups is 2. The monoisotopic (exact) mass is 346 g/mol. The van der Waals surface area contributed by atoms with Gasteiger partial charge < -0.3 is 15.1 Å². The quantitative estimate of drug-likeness (QED) is 0.784. The Balaban J connectivity index is 0.00000264. The number of likely N-dealkylation sites (tertiary alicyclic amines) is 1. The molecular formula is C16H31ClN4O2. The predicted octanol–water partition coefficient (Wildman–Crippen LogP) is 0.420. The van der Waals surface area contributed by atoms with E-state index in [0.29, 0.717) is 6.54 Å². The van der Waals surface area contributed by atoms with Crippen LogP contribution in [-0.4, -0.2) is 85.4 Å². The van der Waals surface area contributed by atoms with Gasteiger partial charge in [-0.1, -0.05) is 0 Å². The minimum absolute atomic E-state index is 0. The zero-order valence-electron chi connectivity index (χ0n) is 14.4. The SMILES string of the molecule is CCN(CC)C(=O)CN1CCCC(C(=O)N2CCNCC2)C1.Cl. The highest BCUT2D eigenvalue weighted by Crippen LogP contribution is 2.19. The number of halogens is 1. The largest absolute Gasteiger partial charge is 0.342 e. The van der Waals surface area contributed by atoms with Crippen molar-refractivity contribution in [3.05, 3.63) is 0 Å². The number of amides is 2. The fourth-order valence-electron chi connectivity index (χ4n) is 3.41. The molecule has 2 heterocycles. The molecule has 2 rings (SSSR count). The van der Waals surface area contributed by atoms with E-state index in [2.05, 4.69) is 10.2 Å². The van der Waals surface area contributed by atoms with E-state index >= 15 is 0 Å². The first kappa shape index (κ1) is 20.2. The molecule has 23 heavy (non-hydrogen) atoms. The zero-order chi connectivity index (χ0) is 15.9. The lowest BCUT2D eigenvalue weighted by Crippen LogP contribution is -2.52. The van der Waals surface area contributed by atoms with E-state index in [4.69, 9.17) is 0 Å². The van der Waals surface area contributed by atoms with Gasteiger partial charge in [0.1, 0.15) is 0 Å². The third kappa shape index (κ3) is 5.62. The summed E-state index contributed by atoms with van der Waals surface area (Å²) in [6, 6.07) is 0. The lowest BCUT2D eigenvalue weighted by atomic mass is 9.96. The highest BCUT2D eigenvalue weighted by atomic mass is 35.5. The molecule has 0 aromatic rings. The van der Waals surface area contributed by atoms with Gasteiger partial charge in [-0.25, -0.2) is 0 Å². The Hall–Kier alpha value is -0.850. The average Bonchev–Trinajstić information content (AvgIpc) is 2.56. The van der Waals surface area contributed by atoms with Crippen LogP contribution >= 0.6 is 12.4 Å². The number of hydrogen-bond acceptors (Lipinski definition) is 4. The molecule has 2 fully saturated rings. The van der Waals surface area contributed by atoms with E-state index in [-0.39, 0.29) is 30.1 Å². The summed E-state index contributed by atoms with van der Waals surface area (Å²) < 4.78 is 0. The summed E-state index contributed by atoms with van der Waals surface area (Å²) in [5, 5.41) is 3.28. The Kier molecular flexibility index (Phi) is 8.87. The lowest BCUT2D eigenvalue weighted by molar-refractivity contribution is -0.140. The van der Waals surface area contributed by atoms with E-state index in [1.807, 2.05) is 23.6 Å². The van der Waals surface area contributed by atoms with Gasteiger partial charge in [-0.3, -0.25) is 14.5 Å². The number of nitrogens with one attached hydrogen (secondary N) is 1. The molecule has 1 N–H and O–H groups in total. The van der Waals surface area contributed by atoms with Crippen molar-refractivity contribution in [2.24, 2.45) is 5.92 Å². The van der Waals surface area contributed by atoms with Crippen LogP contribution < -0.4 is 5.32 Å². The van der Waals surface area contributed by atoms with Crippen molar-refractivity contribution in [1.82, 2.24) is 20.0 Å². The van der Waals surface area contributed by atoms with Crippen molar-refractivity contribution in [3.63, 3.8) is 0 Å². The van der Waals surface area contributed by atoms with Crippen LogP contribution in [0.15, 0.2) is 0 Å². The Labute approximate surface area is 146 Å². The van der Waals surface area contributed by atoms with Crippen LogP contribution in [0.2, 0.25) is 0 Å². The van der Waals surface area contributed by atoms with Gasteiger partial charge in [0.2, 0.25) is 11.8 Å². The Morgan fingerprint density at radius 1 is 1.13 bits per heavy atom. The Morgan fingerprint density at radius 2 is 1.78 bits per heavy atom. The topological polar surface area (TPSA) is 55.9 Å². The van der Waals surface area contributed by atoms with Crippen molar-refractivity contribution < 1.29 is 9.59 Å². The Bertz CT molecular complexity index is 384. The molecule has 0 aromatic carbocycles. The van der Waals surface area contributed by atoms with Crippen molar-refractivity contribution in [1.29, 1.82) is 0 Å². The van der Waals surface area contributed by atoms with Crippen molar-refractivity contribution in [3.8, 4) is 0 Å². The third-order valence-electron chi connectivity index (χ3n) is 4.76. The molecule has 2 aliphatic heterocycles. The molecule has 0 spiro atoms. The van der Waals surface area contributed by atoms with Crippen molar-refractivity contribution >= 4 is 24.2 Å². The van der Waals surface area contributed by atoms with Crippen LogP contribution in [0, 0.1) is 5.92 Å². The lowest BCUT2D eigenvalue weighted by Gasteiger charge is -2.36. The normalized spacial score (nSPS) is 22.3. The first-order chi connectivity index (χ1) is 10.7. The molecule has 0 saturated carbocycles. The number of likely N-dealkylation sites (N-methyl/N-ethyl adjacent to an activating group) is 1. The molecule has 1 unspecified atom stereocenters. The summed E-state index contributed by atoms with van der Waals surface area (Å²) in [6.45, 7) is 11.1. The average molecular weight is 347 g/mol. The number of piperidine rings is 1. The van der Waals surface area contributed by atoms with E-state index < -0.39 is 0 Å². The maximum absolute atomic E-state index is 12.6. The molecule has 0 aromatic heterocycles. The van der Waals surface area contributed by atoms with Gasteiger partial charge in [0.15, 0.2) is 0 Å². The molecule has 6 nitrogen and oxygen atoms in total. The fraction of sp³-hybridized carbons (Fsp3) is 0.875. The number of piperazine rings is 1. The number of nitrogens with zero attached hydrogens (tertiary/aromatic N) is 3. The Morgan fingerprint density at radius 3 is 2.39 bits per heavy atom. The zero-order valence-corrected chi connectivity index (χ0v) is 15.2. The highest BCUT2D eigenvalue weighted by Gasteiger charge is 2.30.